The molecule has 0 spiro atoms. The van der Waals surface area contributed by atoms with Gasteiger partial charge in [-0.3, -0.25) is 18.9 Å². The van der Waals surface area contributed by atoms with E-state index >= 15 is 0 Å². The number of fused-ring (bicyclic) bond motifs is 1. The van der Waals surface area contributed by atoms with E-state index in [1.165, 1.54) is 28.8 Å². The zero-order valence-corrected chi connectivity index (χ0v) is 17.3. The van der Waals surface area contributed by atoms with Gasteiger partial charge in [0, 0.05) is 25.4 Å². The Kier molecular flexibility index (Phi) is 6.97. The predicted octanol–water partition coefficient (Wildman–Crippen LogP) is 3.93. The maximum Gasteiger partial charge on any atom is 0.416 e. The zero-order chi connectivity index (χ0) is 22.6. The molecular weight excluding hydrogens is 435 g/mol. The highest BCUT2D eigenvalue weighted by atomic mass is 35.5. The summed E-state index contributed by atoms with van der Waals surface area (Å²) in [7, 11) is 0. The largest absolute Gasteiger partial charge is 0.465 e. The van der Waals surface area contributed by atoms with Gasteiger partial charge in [0.15, 0.2) is 0 Å². The molecule has 6 nitrogen and oxygen atoms in total. The van der Waals surface area contributed by atoms with Crippen LogP contribution in [0.3, 0.4) is 0 Å². The molecule has 0 atom stereocenters. The molecule has 0 unspecified atom stereocenters. The fourth-order valence-corrected chi connectivity index (χ4v) is 3.21. The number of benzene rings is 1. The zero-order valence-electron chi connectivity index (χ0n) is 16.5. The number of halogens is 4. The molecule has 10 heteroatoms. The van der Waals surface area contributed by atoms with E-state index in [4.69, 9.17) is 16.3 Å². The first-order chi connectivity index (χ1) is 14.7. The van der Waals surface area contributed by atoms with Gasteiger partial charge < -0.3 is 4.74 Å². The van der Waals surface area contributed by atoms with Crippen LogP contribution in [0, 0.1) is 0 Å². The van der Waals surface area contributed by atoms with E-state index in [1.54, 1.807) is 24.0 Å². The van der Waals surface area contributed by atoms with Crippen LogP contribution in [0.5, 0.6) is 0 Å². The van der Waals surface area contributed by atoms with Crippen molar-refractivity contribution in [2.24, 2.45) is 0 Å². The van der Waals surface area contributed by atoms with Crippen LogP contribution in [0.4, 0.5) is 13.2 Å². The lowest BCUT2D eigenvalue weighted by molar-refractivity contribution is -0.144. The van der Waals surface area contributed by atoms with E-state index in [2.05, 4.69) is 4.98 Å². The topological polar surface area (TPSA) is 63.9 Å². The van der Waals surface area contributed by atoms with E-state index in [9.17, 15) is 22.8 Å². The predicted molar refractivity (Wildman–Crippen MR) is 109 cm³/mol. The van der Waals surface area contributed by atoms with Crippen molar-refractivity contribution < 1.29 is 22.7 Å². The standard InChI is InChI=1S/C21H19ClF3N3O3/c1-2-31-20(30)13-27(10-14-3-5-15(6-4-14)21(23,24)25)12-17-9-19(29)28-11-16(22)7-8-18(28)26-17/h3-9,11H,2,10,12-13H2,1H3. The number of hydrogen-bond donors (Lipinski definition) is 0. The number of esters is 1. The van der Waals surface area contributed by atoms with Crippen LogP contribution in [0.25, 0.3) is 5.65 Å². The first-order valence-corrected chi connectivity index (χ1v) is 9.75. The summed E-state index contributed by atoms with van der Waals surface area (Å²) in [6.07, 6.45) is -2.97. The first kappa shape index (κ1) is 22.8. The summed E-state index contributed by atoms with van der Waals surface area (Å²) in [6, 6.07) is 9.21. The molecule has 1 aromatic carbocycles. The van der Waals surface area contributed by atoms with E-state index in [0.717, 1.165) is 12.1 Å². The van der Waals surface area contributed by atoms with Crippen molar-refractivity contribution in [3.05, 3.63) is 80.9 Å². The minimum absolute atomic E-state index is 0.115. The Balaban J connectivity index is 1.85. The van der Waals surface area contributed by atoms with Crippen LogP contribution in [-0.4, -0.2) is 33.4 Å². The van der Waals surface area contributed by atoms with Gasteiger partial charge in [-0.2, -0.15) is 13.2 Å². The SMILES string of the molecule is CCOC(=O)CN(Cc1ccc(C(F)(F)F)cc1)Cc1cc(=O)n2cc(Cl)ccc2n1. The van der Waals surface area contributed by atoms with Crippen LogP contribution in [0.15, 0.2) is 53.5 Å². The smallest absolute Gasteiger partial charge is 0.416 e. The van der Waals surface area contributed by atoms with Crippen LogP contribution in [-0.2, 0) is 28.8 Å². The van der Waals surface area contributed by atoms with Gasteiger partial charge in [-0.15, -0.1) is 0 Å². The Bertz CT molecular complexity index is 1130. The van der Waals surface area contributed by atoms with E-state index in [0.29, 0.717) is 21.9 Å². The quantitative estimate of drug-likeness (QED) is 0.507. The van der Waals surface area contributed by atoms with Gasteiger partial charge in [-0.25, -0.2) is 4.98 Å². The van der Waals surface area contributed by atoms with Crippen molar-refractivity contribution in [1.82, 2.24) is 14.3 Å². The number of alkyl halides is 3. The lowest BCUT2D eigenvalue weighted by atomic mass is 10.1. The van der Waals surface area contributed by atoms with Crippen molar-refractivity contribution >= 4 is 23.2 Å². The number of nitrogens with zero attached hydrogens (tertiary/aromatic N) is 3. The highest BCUT2D eigenvalue weighted by Crippen LogP contribution is 2.29. The lowest BCUT2D eigenvalue weighted by Crippen LogP contribution is -2.31. The van der Waals surface area contributed by atoms with Gasteiger partial charge in [0.1, 0.15) is 5.65 Å². The van der Waals surface area contributed by atoms with Gasteiger partial charge in [-0.05, 0) is 36.8 Å². The molecule has 2 heterocycles. The summed E-state index contributed by atoms with van der Waals surface area (Å²) in [5.74, 6) is -0.487. The summed E-state index contributed by atoms with van der Waals surface area (Å²) < 4.78 is 44.7. The van der Waals surface area contributed by atoms with E-state index in [1.807, 2.05) is 0 Å². The molecule has 0 N–H and O–H groups in total. The molecule has 3 aromatic rings. The minimum atomic E-state index is -4.43. The number of rotatable bonds is 7. The number of ether oxygens (including phenoxy) is 1. The van der Waals surface area contributed by atoms with Gasteiger partial charge >= 0.3 is 12.1 Å². The number of pyridine rings is 1. The molecule has 0 radical (unpaired) electrons. The third kappa shape index (κ3) is 6.05. The second kappa shape index (κ2) is 9.49. The van der Waals surface area contributed by atoms with Gasteiger partial charge in [0.05, 0.1) is 29.4 Å². The van der Waals surface area contributed by atoms with Crippen molar-refractivity contribution in [3.63, 3.8) is 0 Å². The summed E-state index contributed by atoms with van der Waals surface area (Å²) in [6.45, 7) is 2.04. The van der Waals surface area contributed by atoms with Crippen molar-refractivity contribution in [3.8, 4) is 0 Å². The van der Waals surface area contributed by atoms with Gasteiger partial charge in [0.25, 0.3) is 5.56 Å². The molecule has 0 saturated carbocycles. The van der Waals surface area contributed by atoms with E-state index < -0.39 is 17.7 Å². The van der Waals surface area contributed by atoms with Crippen molar-refractivity contribution in [1.29, 1.82) is 0 Å². The molecule has 0 bridgehead atoms. The molecule has 164 valence electrons. The fourth-order valence-electron chi connectivity index (χ4n) is 3.05. The number of carbonyl (C=O) groups is 1. The number of hydrogen-bond acceptors (Lipinski definition) is 5. The molecule has 0 fully saturated rings. The molecule has 0 aliphatic rings. The number of carbonyl (C=O) groups excluding carboxylic acids is 1. The van der Waals surface area contributed by atoms with Gasteiger partial charge in [0.2, 0.25) is 0 Å². The van der Waals surface area contributed by atoms with Crippen LogP contribution in [0.2, 0.25) is 5.02 Å². The summed E-state index contributed by atoms with van der Waals surface area (Å²) in [5.41, 5.74) is 0.270. The van der Waals surface area contributed by atoms with Crippen molar-refractivity contribution in [2.75, 3.05) is 13.2 Å². The fraction of sp³-hybridized carbons (Fsp3) is 0.286. The van der Waals surface area contributed by atoms with E-state index in [-0.39, 0.29) is 31.8 Å². The second-order valence-electron chi connectivity index (χ2n) is 6.81. The van der Waals surface area contributed by atoms with Crippen LogP contribution in [0.1, 0.15) is 23.7 Å². The normalized spacial score (nSPS) is 11.8. The minimum Gasteiger partial charge on any atom is -0.465 e. The Labute approximate surface area is 180 Å². The summed E-state index contributed by atoms with van der Waals surface area (Å²) >= 11 is 5.91. The molecule has 31 heavy (non-hydrogen) atoms. The van der Waals surface area contributed by atoms with Crippen LogP contribution >= 0.6 is 11.6 Å². The third-order valence-corrected chi connectivity index (χ3v) is 4.63. The molecule has 2 aromatic heterocycles. The average Bonchev–Trinajstić information content (AvgIpc) is 2.68. The lowest BCUT2D eigenvalue weighted by Gasteiger charge is -2.21. The average molecular weight is 454 g/mol. The maximum absolute atomic E-state index is 12.8. The molecule has 0 saturated heterocycles. The molecule has 3 rings (SSSR count). The summed E-state index contributed by atoms with van der Waals surface area (Å²) in [4.78, 5) is 30.5. The molecule has 0 aliphatic carbocycles. The highest BCUT2D eigenvalue weighted by molar-refractivity contribution is 6.30. The monoisotopic (exact) mass is 453 g/mol. The first-order valence-electron chi connectivity index (χ1n) is 9.37. The van der Waals surface area contributed by atoms with Crippen LogP contribution < -0.4 is 5.56 Å². The number of aromatic nitrogens is 2. The Morgan fingerprint density at radius 1 is 1.16 bits per heavy atom. The maximum atomic E-state index is 12.8. The Morgan fingerprint density at radius 2 is 1.87 bits per heavy atom. The Hall–Kier alpha value is -2.91. The Morgan fingerprint density at radius 3 is 2.52 bits per heavy atom. The van der Waals surface area contributed by atoms with Gasteiger partial charge in [-0.1, -0.05) is 23.7 Å². The second-order valence-corrected chi connectivity index (χ2v) is 7.24. The third-order valence-electron chi connectivity index (χ3n) is 4.41. The molecular formula is C21H19ClF3N3O3. The summed E-state index contributed by atoms with van der Waals surface area (Å²) in [5, 5.41) is 0.385. The molecule has 0 amide bonds. The molecule has 0 aliphatic heterocycles. The van der Waals surface area contributed by atoms with Crippen molar-refractivity contribution in [2.45, 2.75) is 26.2 Å². The highest BCUT2D eigenvalue weighted by Gasteiger charge is 2.30.